The number of halogens is 1. The van der Waals surface area contributed by atoms with Gasteiger partial charge in [-0.25, -0.2) is 23.0 Å². The maximum atomic E-state index is 12.9. The Balaban J connectivity index is 1.81. The summed E-state index contributed by atoms with van der Waals surface area (Å²) in [5.74, 6) is -1.78. The highest BCUT2D eigenvalue weighted by Crippen LogP contribution is 2.22. The summed E-state index contributed by atoms with van der Waals surface area (Å²) in [7, 11) is -2.41. The van der Waals surface area contributed by atoms with Crippen molar-refractivity contribution in [2.75, 3.05) is 5.32 Å². The summed E-state index contributed by atoms with van der Waals surface area (Å²) in [6, 6.07) is 12.1. The molecule has 0 spiro atoms. The third-order valence-corrected chi connectivity index (χ3v) is 6.18. The molecule has 0 aliphatic heterocycles. The van der Waals surface area contributed by atoms with E-state index in [4.69, 9.17) is 21.5 Å². The van der Waals surface area contributed by atoms with Crippen LogP contribution in [0, 0.1) is 6.92 Å². The summed E-state index contributed by atoms with van der Waals surface area (Å²) in [6.07, 6.45) is -1.32. The molecule has 2 aromatic carbocycles. The minimum Gasteiger partial charge on any atom is -0.449 e. The largest absolute Gasteiger partial charge is 0.449 e. The van der Waals surface area contributed by atoms with E-state index in [0.29, 0.717) is 11.4 Å². The molecule has 1 heterocycles. The number of hydrogen-bond acceptors (Lipinski definition) is 6. The third kappa shape index (κ3) is 5.00. The van der Waals surface area contributed by atoms with E-state index in [1.807, 2.05) is 6.07 Å². The van der Waals surface area contributed by atoms with Crippen LogP contribution in [0.3, 0.4) is 0 Å². The Kier molecular flexibility index (Phi) is 6.77. The fraction of sp³-hybridized carbons (Fsp3) is 0.190. The van der Waals surface area contributed by atoms with Crippen LogP contribution in [0.2, 0.25) is 5.02 Å². The van der Waals surface area contributed by atoms with Crippen molar-refractivity contribution in [1.82, 2.24) is 9.36 Å². The highest BCUT2D eigenvalue weighted by Gasteiger charge is 2.25. The van der Waals surface area contributed by atoms with Gasteiger partial charge in [-0.3, -0.25) is 14.3 Å². The molecule has 0 aliphatic carbocycles. The van der Waals surface area contributed by atoms with E-state index in [1.54, 1.807) is 42.9 Å². The highest BCUT2D eigenvalue weighted by atomic mass is 35.5. The summed E-state index contributed by atoms with van der Waals surface area (Å²) in [5.41, 5.74) is 0.391. The summed E-state index contributed by atoms with van der Waals surface area (Å²) in [5, 5.41) is 7.49. The van der Waals surface area contributed by atoms with Crippen LogP contribution in [-0.2, 0) is 26.6 Å². The van der Waals surface area contributed by atoms with E-state index in [-0.39, 0.29) is 21.2 Å². The number of hydrogen-bond donors (Lipinski definition) is 2. The molecule has 0 bridgehead atoms. The lowest BCUT2D eigenvalue weighted by Crippen LogP contribution is -2.32. The molecule has 0 fully saturated rings. The molecule has 12 heteroatoms. The van der Waals surface area contributed by atoms with Gasteiger partial charge in [0.1, 0.15) is 5.69 Å². The fourth-order valence-electron chi connectivity index (χ4n) is 3.05. The van der Waals surface area contributed by atoms with Gasteiger partial charge >= 0.3 is 5.97 Å². The number of benzene rings is 2. The van der Waals surface area contributed by atoms with Crippen LogP contribution >= 0.6 is 11.6 Å². The summed E-state index contributed by atoms with van der Waals surface area (Å²) in [4.78, 5) is 37.7. The number of primary sulfonamides is 1. The standard InChI is InChI=1S/C21H21ClN4O6S/c1-12-18(20(28)26(25(12)3)14-7-5-4-6-8-14)24-19(27)13(2)32-21(29)16-11-15(33(23,30)31)9-10-17(16)22/h4-11,13H,1-3H3,(H,24,27)(H2,23,30,31). The van der Waals surface area contributed by atoms with Crippen LogP contribution in [0.5, 0.6) is 0 Å². The van der Waals surface area contributed by atoms with Gasteiger partial charge in [-0.2, -0.15) is 0 Å². The van der Waals surface area contributed by atoms with E-state index < -0.39 is 33.6 Å². The van der Waals surface area contributed by atoms with Crippen LogP contribution < -0.4 is 16.0 Å². The van der Waals surface area contributed by atoms with Gasteiger partial charge in [0.05, 0.1) is 26.9 Å². The number of nitrogens with two attached hydrogens (primary N) is 1. The normalized spacial score (nSPS) is 12.3. The van der Waals surface area contributed by atoms with Gasteiger partial charge in [-0.15, -0.1) is 0 Å². The van der Waals surface area contributed by atoms with E-state index in [9.17, 15) is 22.8 Å². The zero-order chi connectivity index (χ0) is 24.5. The van der Waals surface area contributed by atoms with Crippen LogP contribution in [0.15, 0.2) is 58.2 Å². The maximum absolute atomic E-state index is 12.9. The molecule has 1 atom stereocenters. The maximum Gasteiger partial charge on any atom is 0.340 e. The first-order chi connectivity index (χ1) is 15.4. The minimum absolute atomic E-state index is 0.0310. The summed E-state index contributed by atoms with van der Waals surface area (Å²) < 4.78 is 31.2. The molecule has 174 valence electrons. The summed E-state index contributed by atoms with van der Waals surface area (Å²) >= 11 is 5.97. The van der Waals surface area contributed by atoms with Gasteiger partial charge in [0.2, 0.25) is 10.0 Å². The quantitative estimate of drug-likeness (QED) is 0.503. The van der Waals surface area contributed by atoms with Crippen molar-refractivity contribution in [3.05, 3.63) is 75.2 Å². The Bertz CT molecular complexity index is 1400. The number of carbonyl (C=O) groups is 2. The molecule has 33 heavy (non-hydrogen) atoms. The molecule has 3 N–H and O–H groups in total. The highest BCUT2D eigenvalue weighted by molar-refractivity contribution is 7.89. The molecule has 0 radical (unpaired) electrons. The molecular formula is C21H21ClN4O6S. The Morgan fingerprint density at radius 1 is 1.15 bits per heavy atom. The zero-order valence-electron chi connectivity index (χ0n) is 17.9. The fourth-order valence-corrected chi connectivity index (χ4v) is 3.79. The predicted molar refractivity (Wildman–Crippen MR) is 122 cm³/mol. The number of amides is 1. The lowest BCUT2D eigenvalue weighted by molar-refractivity contribution is -0.123. The van der Waals surface area contributed by atoms with Gasteiger partial charge in [0.15, 0.2) is 6.10 Å². The summed E-state index contributed by atoms with van der Waals surface area (Å²) in [6.45, 7) is 2.96. The Morgan fingerprint density at radius 3 is 2.39 bits per heavy atom. The molecule has 0 aliphatic rings. The molecule has 0 saturated heterocycles. The van der Waals surface area contributed by atoms with Gasteiger partial charge in [-0.1, -0.05) is 29.8 Å². The number of nitrogens with one attached hydrogen (secondary N) is 1. The molecule has 10 nitrogen and oxygen atoms in total. The molecule has 3 aromatic rings. The molecule has 3 rings (SSSR count). The molecule has 1 amide bonds. The lowest BCUT2D eigenvalue weighted by Gasteiger charge is -2.14. The van der Waals surface area contributed by atoms with Crippen LogP contribution in [0.4, 0.5) is 5.69 Å². The van der Waals surface area contributed by atoms with Gasteiger partial charge in [0.25, 0.3) is 11.5 Å². The van der Waals surface area contributed by atoms with Crippen LogP contribution in [-0.4, -0.2) is 35.8 Å². The number of nitrogens with zero attached hydrogens (tertiary/aromatic N) is 2. The van der Waals surface area contributed by atoms with Crippen molar-refractivity contribution < 1.29 is 22.7 Å². The topological polar surface area (TPSA) is 142 Å². The van der Waals surface area contributed by atoms with Crippen molar-refractivity contribution in [3.63, 3.8) is 0 Å². The number of aromatic nitrogens is 2. The van der Waals surface area contributed by atoms with Crippen LogP contribution in [0.25, 0.3) is 5.69 Å². The zero-order valence-corrected chi connectivity index (χ0v) is 19.5. The van der Waals surface area contributed by atoms with E-state index in [1.165, 1.54) is 17.7 Å². The predicted octanol–water partition coefficient (Wildman–Crippen LogP) is 1.97. The number of rotatable bonds is 6. The van der Waals surface area contributed by atoms with Crippen molar-refractivity contribution in [3.8, 4) is 5.69 Å². The minimum atomic E-state index is -4.08. The van der Waals surface area contributed by atoms with Crippen molar-refractivity contribution in [2.45, 2.75) is 24.8 Å². The van der Waals surface area contributed by atoms with E-state index >= 15 is 0 Å². The van der Waals surface area contributed by atoms with Gasteiger partial charge in [-0.05, 0) is 44.2 Å². The SMILES string of the molecule is Cc1c(NC(=O)C(C)OC(=O)c2cc(S(N)(=O)=O)ccc2Cl)c(=O)n(-c2ccccc2)n1C. The number of esters is 1. The Labute approximate surface area is 194 Å². The first-order valence-corrected chi connectivity index (χ1v) is 11.5. The molecule has 0 saturated carbocycles. The molecule has 1 aromatic heterocycles. The first kappa shape index (κ1) is 24.2. The molecular weight excluding hydrogens is 472 g/mol. The van der Waals surface area contributed by atoms with Crippen LogP contribution in [0.1, 0.15) is 23.0 Å². The van der Waals surface area contributed by atoms with Gasteiger partial charge < -0.3 is 10.1 Å². The Hall–Kier alpha value is -3.41. The van der Waals surface area contributed by atoms with Crippen molar-refractivity contribution in [1.29, 1.82) is 0 Å². The number of carbonyl (C=O) groups excluding carboxylic acids is 2. The van der Waals surface area contributed by atoms with E-state index in [2.05, 4.69) is 5.32 Å². The monoisotopic (exact) mass is 492 g/mol. The number of anilines is 1. The number of sulfonamides is 1. The van der Waals surface area contributed by atoms with Gasteiger partial charge in [0, 0.05) is 7.05 Å². The number of para-hydroxylation sites is 1. The smallest absolute Gasteiger partial charge is 0.340 e. The lowest BCUT2D eigenvalue weighted by atomic mass is 10.2. The average molecular weight is 493 g/mol. The van der Waals surface area contributed by atoms with E-state index in [0.717, 1.165) is 12.1 Å². The second-order valence-electron chi connectivity index (χ2n) is 7.16. The second-order valence-corrected chi connectivity index (χ2v) is 9.13. The average Bonchev–Trinajstić information content (AvgIpc) is 2.96. The second kappa shape index (κ2) is 9.22. The molecule has 1 unspecified atom stereocenters. The van der Waals surface area contributed by atoms with Crippen molar-refractivity contribution >= 4 is 39.2 Å². The van der Waals surface area contributed by atoms with Crippen molar-refractivity contribution in [2.24, 2.45) is 12.2 Å². The Morgan fingerprint density at radius 2 is 1.79 bits per heavy atom. The number of ether oxygens (including phenoxy) is 1. The third-order valence-electron chi connectivity index (χ3n) is 4.94. The first-order valence-electron chi connectivity index (χ1n) is 9.60.